The van der Waals surface area contributed by atoms with Gasteiger partial charge in [-0.25, -0.2) is 4.68 Å². The van der Waals surface area contributed by atoms with Crippen molar-refractivity contribution in [3.8, 4) is 22.7 Å². The van der Waals surface area contributed by atoms with Crippen LogP contribution in [0.4, 0.5) is 0 Å². The molecule has 7 heteroatoms. The maximum atomic E-state index is 12.2. The number of nitrogens with zero attached hydrogens (tertiary/aromatic N) is 2. The molecule has 0 unspecified atom stereocenters. The molecule has 34 heavy (non-hydrogen) atoms. The van der Waals surface area contributed by atoms with E-state index in [-0.39, 0.29) is 5.91 Å². The Kier molecular flexibility index (Phi) is 6.29. The van der Waals surface area contributed by atoms with Gasteiger partial charge in [0.2, 0.25) is 0 Å². The van der Waals surface area contributed by atoms with Crippen molar-refractivity contribution in [2.45, 2.75) is 13.5 Å². The Balaban J connectivity index is 1.44. The highest BCUT2D eigenvalue weighted by atomic mass is 32.2. The van der Waals surface area contributed by atoms with Crippen LogP contribution >= 0.6 is 24.0 Å². The summed E-state index contributed by atoms with van der Waals surface area (Å²) in [4.78, 5) is 12.8. The Hall–Kier alpha value is -3.68. The molecule has 1 N–H and O–H groups in total. The number of aryl methyl sites for hydroxylation is 1. The highest BCUT2D eigenvalue weighted by molar-refractivity contribution is 8.26. The van der Waals surface area contributed by atoms with Gasteiger partial charge in [-0.2, -0.15) is 5.10 Å². The largest absolute Gasteiger partial charge is 0.489 e. The van der Waals surface area contributed by atoms with Crippen LogP contribution in [0.25, 0.3) is 23.0 Å². The molecular weight excluding hydrogens is 462 g/mol. The minimum atomic E-state index is -0.187. The van der Waals surface area contributed by atoms with Gasteiger partial charge in [-0.05, 0) is 55.0 Å². The summed E-state index contributed by atoms with van der Waals surface area (Å²) >= 11 is 6.39. The van der Waals surface area contributed by atoms with Crippen LogP contribution in [-0.4, -0.2) is 20.0 Å². The van der Waals surface area contributed by atoms with E-state index in [1.165, 1.54) is 17.3 Å². The predicted octanol–water partition coefficient (Wildman–Crippen LogP) is 5.92. The van der Waals surface area contributed by atoms with Gasteiger partial charge in [0.25, 0.3) is 5.91 Å². The van der Waals surface area contributed by atoms with Crippen molar-refractivity contribution >= 4 is 40.3 Å². The molecule has 1 aliphatic heterocycles. The van der Waals surface area contributed by atoms with Gasteiger partial charge >= 0.3 is 0 Å². The van der Waals surface area contributed by atoms with Crippen LogP contribution in [0.15, 0.2) is 90.0 Å². The third kappa shape index (κ3) is 4.95. The molecule has 4 aromatic rings. The van der Waals surface area contributed by atoms with E-state index in [0.717, 1.165) is 33.8 Å². The van der Waals surface area contributed by atoms with Crippen LogP contribution in [0.3, 0.4) is 0 Å². The maximum Gasteiger partial charge on any atom is 0.263 e. The lowest BCUT2D eigenvalue weighted by atomic mass is 10.1. The summed E-state index contributed by atoms with van der Waals surface area (Å²) in [5.41, 5.74) is 5.81. The maximum absolute atomic E-state index is 12.2. The van der Waals surface area contributed by atoms with Crippen molar-refractivity contribution in [3.63, 3.8) is 0 Å². The molecule has 0 aliphatic carbocycles. The fourth-order valence-corrected chi connectivity index (χ4v) is 4.59. The second kappa shape index (κ2) is 9.67. The Bertz CT molecular complexity index is 1380. The van der Waals surface area contributed by atoms with E-state index < -0.39 is 0 Å². The van der Waals surface area contributed by atoms with Gasteiger partial charge < -0.3 is 10.1 Å². The second-order valence-corrected chi connectivity index (χ2v) is 9.58. The normalized spacial score (nSPS) is 14.4. The lowest BCUT2D eigenvalue weighted by Crippen LogP contribution is -2.17. The molecular formula is C27H21N3O2S2. The highest BCUT2D eigenvalue weighted by Gasteiger charge is 2.23. The van der Waals surface area contributed by atoms with Crippen LogP contribution in [0.1, 0.15) is 16.7 Å². The molecule has 1 aliphatic rings. The minimum Gasteiger partial charge on any atom is -0.489 e. The van der Waals surface area contributed by atoms with E-state index in [9.17, 15) is 4.79 Å². The highest BCUT2D eigenvalue weighted by Crippen LogP contribution is 2.31. The fraction of sp³-hybridized carbons (Fsp3) is 0.0741. The van der Waals surface area contributed by atoms with Gasteiger partial charge in [0.1, 0.15) is 16.7 Å². The first-order valence-corrected chi connectivity index (χ1v) is 12.0. The van der Waals surface area contributed by atoms with Gasteiger partial charge in [-0.1, -0.05) is 72.0 Å². The second-order valence-electron chi connectivity index (χ2n) is 7.86. The van der Waals surface area contributed by atoms with Gasteiger partial charge in [0.15, 0.2) is 0 Å². The first-order chi connectivity index (χ1) is 16.5. The number of nitrogens with one attached hydrogen (secondary N) is 1. The van der Waals surface area contributed by atoms with Crippen LogP contribution in [-0.2, 0) is 11.4 Å². The molecule has 1 saturated heterocycles. The number of amides is 1. The van der Waals surface area contributed by atoms with E-state index in [0.29, 0.717) is 15.8 Å². The Morgan fingerprint density at radius 2 is 1.76 bits per heavy atom. The number of carbonyl (C=O) groups is 1. The zero-order valence-electron chi connectivity index (χ0n) is 18.4. The number of hydrogen-bond donors (Lipinski definition) is 1. The first kappa shape index (κ1) is 22.1. The summed E-state index contributed by atoms with van der Waals surface area (Å²) in [6.45, 7) is 2.57. The summed E-state index contributed by atoms with van der Waals surface area (Å²) in [5.74, 6) is 0.594. The summed E-state index contributed by atoms with van der Waals surface area (Å²) in [7, 11) is 0. The van der Waals surface area contributed by atoms with Crippen molar-refractivity contribution in [2.75, 3.05) is 0 Å². The number of thiocarbonyl (C=S) groups is 1. The molecule has 2 heterocycles. The van der Waals surface area contributed by atoms with Gasteiger partial charge in [0.05, 0.1) is 16.3 Å². The molecule has 5 rings (SSSR count). The zero-order chi connectivity index (χ0) is 23.5. The summed E-state index contributed by atoms with van der Waals surface area (Å²) in [6, 6.07) is 26.0. The zero-order valence-corrected chi connectivity index (χ0v) is 20.0. The van der Waals surface area contributed by atoms with Gasteiger partial charge in [-0.3, -0.25) is 4.79 Å². The van der Waals surface area contributed by atoms with Crippen molar-refractivity contribution in [1.82, 2.24) is 15.1 Å². The Morgan fingerprint density at radius 3 is 2.44 bits per heavy atom. The third-order valence-corrected chi connectivity index (χ3v) is 6.51. The Labute approximate surface area is 207 Å². The molecule has 1 fully saturated rings. The molecule has 0 radical (unpaired) electrons. The number of aromatic nitrogens is 2. The number of para-hydroxylation sites is 1. The van der Waals surface area contributed by atoms with Crippen molar-refractivity contribution in [3.05, 3.63) is 107 Å². The standard InChI is InChI=1S/C27H21N3O2S2/c1-18-7-9-19(10-8-18)17-32-23-13-11-20(12-14-23)25-21(15-24-26(31)28-27(33)34-24)16-30(29-25)22-5-3-2-4-6-22/h2-16H,17H2,1H3,(H,28,31,33). The minimum absolute atomic E-state index is 0.187. The van der Waals surface area contributed by atoms with Crippen molar-refractivity contribution in [2.24, 2.45) is 0 Å². The fourth-order valence-electron chi connectivity index (χ4n) is 3.55. The quantitative estimate of drug-likeness (QED) is 0.273. The molecule has 0 bridgehead atoms. The third-order valence-electron chi connectivity index (χ3n) is 5.35. The number of ether oxygens (including phenoxy) is 1. The lowest BCUT2D eigenvalue weighted by Gasteiger charge is -2.08. The van der Waals surface area contributed by atoms with E-state index in [1.807, 2.05) is 71.6 Å². The molecule has 1 amide bonds. The van der Waals surface area contributed by atoms with Crippen LogP contribution in [0.5, 0.6) is 5.75 Å². The topological polar surface area (TPSA) is 56.1 Å². The average Bonchev–Trinajstić information content (AvgIpc) is 3.42. The number of benzene rings is 3. The van der Waals surface area contributed by atoms with E-state index in [2.05, 4.69) is 36.5 Å². The molecule has 0 spiro atoms. The van der Waals surface area contributed by atoms with E-state index in [4.69, 9.17) is 22.1 Å². The predicted molar refractivity (Wildman–Crippen MR) is 141 cm³/mol. The van der Waals surface area contributed by atoms with Crippen LogP contribution in [0.2, 0.25) is 0 Å². The van der Waals surface area contributed by atoms with Crippen molar-refractivity contribution < 1.29 is 9.53 Å². The molecule has 0 atom stereocenters. The van der Waals surface area contributed by atoms with Crippen LogP contribution < -0.4 is 10.1 Å². The lowest BCUT2D eigenvalue weighted by molar-refractivity contribution is -0.115. The van der Waals surface area contributed by atoms with Gasteiger partial charge in [0, 0.05) is 17.3 Å². The first-order valence-electron chi connectivity index (χ1n) is 10.7. The van der Waals surface area contributed by atoms with Crippen molar-refractivity contribution in [1.29, 1.82) is 0 Å². The Morgan fingerprint density at radius 1 is 1.03 bits per heavy atom. The van der Waals surface area contributed by atoms with E-state index >= 15 is 0 Å². The SMILES string of the molecule is Cc1ccc(COc2ccc(-c3nn(-c4ccccc4)cc3C=C3SC(=S)NC3=O)cc2)cc1. The van der Waals surface area contributed by atoms with E-state index in [1.54, 1.807) is 0 Å². The number of hydrogen-bond acceptors (Lipinski definition) is 5. The summed E-state index contributed by atoms with van der Waals surface area (Å²) in [6.07, 6.45) is 3.76. The summed E-state index contributed by atoms with van der Waals surface area (Å²) < 4.78 is 8.23. The molecule has 1 aromatic heterocycles. The molecule has 0 saturated carbocycles. The number of rotatable bonds is 6. The smallest absolute Gasteiger partial charge is 0.263 e. The monoisotopic (exact) mass is 483 g/mol. The summed E-state index contributed by atoms with van der Waals surface area (Å²) in [5, 5.41) is 7.49. The van der Waals surface area contributed by atoms with Gasteiger partial charge in [-0.15, -0.1) is 0 Å². The number of carbonyl (C=O) groups excluding carboxylic acids is 1. The molecule has 168 valence electrons. The molecule has 3 aromatic carbocycles. The van der Waals surface area contributed by atoms with Crippen LogP contribution in [0, 0.1) is 6.92 Å². The molecule has 5 nitrogen and oxygen atoms in total. The number of thioether (sulfide) groups is 1. The average molecular weight is 484 g/mol.